The number of aliphatic hydroxyl groups is 1. The Kier molecular flexibility index (Phi) is 8.01. The highest BCUT2D eigenvalue weighted by Gasteiger charge is 2.21. The Morgan fingerprint density at radius 3 is 2.25 bits per heavy atom. The van der Waals surface area contributed by atoms with Gasteiger partial charge in [0.25, 0.3) is 0 Å². The number of hydrogen-bond acceptors (Lipinski definition) is 6. The van der Waals surface area contributed by atoms with Crippen LogP contribution < -0.4 is 0 Å². The molecule has 0 amide bonds. The van der Waals surface area contributed by atoms with Crippen LogP contribution in [0.2, 0.25) is 0 Å². The summed E-state index contributed by atoms with van der Waals surface area (Å²) < 4.78 is 0. The van der Waals surface area contributed by atoms with E-state index in [0.717, 1.165) is 12.8 Å². The van der Waals surface area contributed by atoms with E-state index < -0.39 is 17.4 Å². The van der Waals surface area contributed by atoms with Crippen LogP contribution in [0.4, 0.5) is 0 Å². The van der Waals surface area contributed by atoms with Gasteiger partial charge in [0.15, 0.2) is 5.44 Å². The molecule has 0 aliphatic heterocycles. The first kappa shape index (κ1) is 15.2. The number of carbonyl (C=O) groups excluding carboxylic acids is 2. The van der Waals surface area contributed by atoms with Crippen molar-refractivity contribution in [2.24, 2.45) is 5.92 Å². The first-order valence-corrected chi connectivity index (χ1v) is 5.82. The van der Waals surface area contributed by atoms with Crippen LogP contribution in [0, 0.1) is 5.92 Å². The maximum Gasteiger partial charge on any atom is 0.393 e. The summed E-state index contributed by atoms with van der Waals surface area (Å²) in [5.41, 5.74) is -1.59. The maximum absolute atomic E-state index is 11.4. The molecule has 0 saturated heterocycles. The fourth-order valence-corrected chi connectivity index (χ4v) is 1.18. The van der Waals surface area contributed by atoms with Gasteiger partial charge in [-0.1, -0.05) is 26.7 Å². The highest BCUT2D eigenvalue weighted by molar-refractivity contribution is 7.81. The van der Waals surface area contributed by atoms with Crippen LogP contribution in [0.3, 0.4) is 0 Å². The van der Waals surface area contributed by atoms with Gasteiger partial charge in [0.1, 0.15) is 0 Å². The summed E-state index contributed by atoms with van der Waals surface area (Å²) in [6.45, 7) is 3.88. The van der Waals surface area contributed by atoms with Crippen LogP contribution in [0.15, 0.2) is 0 Å². The predicted octanol–water partition coefficient (Wildman–Crippen LogP) is 1.45. The van der Waals surface area contributed by atoms with E-state index in [1.807, 2.05) is 13.8 Å². The molecule has 94 valence electrons. The Morgan fingerprint density at radius 1 is 1.25 bits per heavy atom. The zero-order valence-electron chi connectivity index (χ0n) is 9.51. The van der Waals surface area contributed by atoms with E-state index in [0.29, 0.717) is 12.8 Å². The highest BCUT2D eigenvalue weighted by atomic mass is 32.1. The zero-order valence-corrected chi connectivity index (χ0v) is 10.4. The SMILES string of the molecule is CCCCC(CC)C(=O)OOC(=O)C(O)S. The number of rotatable bonds is 6. The molecular weight excluding hydrogens is 232 g/mol. The molecule has 5 nitrogen and oxygen atoms in total. The molecule has 0 heterocycles. The summed E-state index contributed by atoms with van der Waals surface area (Å²) in [5, 5.41) is 8.67. The van der Waals surface area contributed by atoms with Gasteiger partial charge < -0.3 is 5.11 Å². The number of carbonyl (C=O) groups is 2. The Hall–Kier alpha value is -0.750. The summed E-state index contributed by atoms with van der Waals surface area (Å²) in [5.74, 6) is -1.95. The van der Waals surface area contributed by atoms with Gasteiger partial charge in [-0.3, -0.25) is 0 Å². The lowest BCUT2D eigenvalue weighted by molar-refractivity contribution is -0.265. The molecule has 0 radical (unpaired) electrons. The lowest BCUT2D eigenvalue weighted by Gasteiger charge is -2.11. The molecule has 0 bridgehead atoms. The molecule has 6 heteroatoms. The van der Waals surface area contributed by atoms with E-state index in [9.17, 15) is 9.59 Å². The quantitative estimate of drug-likeness (QED) is 0.323. The van der Waals surface area contributed by atoms with Crippen molar-refractivity contribution in [2.75, 3.05) is 0 Å². The molecule has 0 aliphatic carbocycles. The molecule has 0 aromatic heterocycles. The van der Waals surface area contributed by atoms with Crippen molar-refractivity contribution >= 4 is 24.6 Å². The highest BCUT2D eigenvalue weighted by Crippen LogP contribution is 2.14. The van der Waals surface area contributed by atoms with Crippen LogP contribution in [0.25, 0.3) is 0 Å². The van der Waals surface area contributed by atoms with Crippen LogP contribution in [-0.4, -0.2) is 22.5 Å². The summed E-state index contributed by atoms with van der Waals surface area (Å²) >= 11 is 3.42. The summed E-state index contributed by atoms with van der Waals surface area (Å²) in [4.78, 5) is 30.6. The third-order valence-electron chi connectivity index (χ3n) is 2.15. The summed E-state index contributed by atoms with van der Waals surface area (Å²) in [6.07, 6.45) is 3.22. The second-order valence-electron chi connectivity index (χ2n) is 3.43. The minimum Gasteiger partial charge on any atom is -0.372 e. The van der Waals surface area contributed by atoms with Gasteiger partial charge in [-0.25, -0.2) is 19.4 Å². The third kappa shape index (κ3) is 5.97. The standard InChI is InChI=1S/C10H18O5S/c1-3-5-6-7(4-2)8(11)14-15-9(12)10(13)16/h7,10,13,16H,3-6H2,1-2H3. The topological polar surface area (TPSA) is 72.8 Å². The lowest BCUT2D eigenvalue weighted by Crippen LogP contribution is -2.23. The molecular formula is C10H18O5S. The molecule has 0 rings (SSSR count). The first-order chi connectivity index (χ1) is 7.52. The average molecular weight is 250 g/mol. The van der Waals surface area contributed by atoms with Crippen molar-refractivity contribution in [2.45, 2.75) is 45.0 Å². The van der Waals surface area contributed by atoms with Gasteiger partial charge in [-0.15, -0.1) is 12.6 Å². The number of hydrogen-bond donors (Lipinski definition) is 2. The van der Waals surface area contributed by atoms with E-state index in [4.69, 9.17) is 5.11 Å². The number of thiol groups is 1. The van der Waals surface area contributed by atoms with Gasteiger partial charge >= 0.3 is 11.9 Å². The molecule has 2 atom stereocenters. The fourth-order valence-electron chi connectivity index (χ4n) is 1.13. The van der Waals surface area contributed by atoms with Crippen molar-refractivity contribution in [3.63, 3.8) is 0 Å². The van der Waals surface area contributed by atoms with Crippen molar-refractivity contribution in [3.8, 4) is 0 Å². The van der Waals surface area contributed by atoms with Crippen molar-refractivity contribution in [1.29, 1.82) is 0 Å². The van der Waals surface area contributed by atoms with Gasteiger partial charge in [-0.2, -0.15) is 0 Å². The summed E-state index contributed by atoms with van der Waals surface area (Å²) in [6, 6.07) is 0. The molecule has 0 spiro atoms. The number of aliphatic hydroxyl groups excluding tert-OH is 1. The van der Waals surface area contributed by atoms with Gasteiger partial charge in [-0.05, 0) is 12.8 Å². The smallest absolute Gasteiger partial charge is 0.372 e. The Morgan fingerprint density at radius 2 is 1.81 bits per heavy atom. The first-order valence-electron chi connectivity index (χ1n) is 5.31. The second kappa shape index (κ2) is 8.41. The molecule has 0 saturated carbocycles. The van der Waals surface area contributed by atoms with Gasteiger partial charge in [0.2, 0.25) is 0 Å². The van der Waals surface area contributed by atoms with E-state index in [-0.39, 0.29) is 5.92 Å². The minimum absolute atomic E-state index is 0.273. The Balaban J connectivity index is 3.97. The molecule has 16 heavy (non-hydrogen) atoms. The van der Waals surface area contributed by atoms with Gasteiger partial charge in [0, 0.05) is 0 Å². The maximum atomic E-state index is 11.4. The average Bonchev–Trinajstić information content (AvgIpc) is 2.26. The monoisotopic (exact) mass is 250 g/mol. The van der Waals surface area contributed by atoms with Crippen LogP contribution in [0.5, 0.6) is 0 Å². The largest absolute Gasteiger partial charge is 0.393 e. The second-order valence-corrected chi connectivity index (χ2v) is 3.91. The predicted molar refractivity (Wildman–Crippen MR) is 60.5 cm³/mol. The fraction of sp³-hybridized carbons (Fsp3) is 0.800. The summed E-state index contributed by atoms with van der Waals surface area (Å²) in [7, 11) is 0. The molecule has 2 unspecified atom stereocenters. The zero-order chi connectivity index (χ0) is 12.6. The Bertz CT molecular complexity index is 229. The van der Waals surface area contributed by atoms with Crippen LogP contribution in [-0.2, 0) is 19.4 Å². The van der Waals surface area contributed by atoms with E-state index in [1.54, 1.807) is 0 Å². The minimum atomic E-state index is -1.59. The molecule has 0 aromatic carbocycles. The van der Waals surface area contributed by atoms with E-state index in [2.05, 4.69) is 22.4 Å². The van der Waals surface area contributed by atoms with E-state index >= 15 is 0 Å². The lowest BCUT2D eigenvalue weighted by atomic mass is 10.00. The number of unbranched alkanes of at least 4 members (excludes halogenated alkanes) is 1. The molecule has 0 aliphatic rings. The molecule has 1 N–H and O–H groups in total. The van der Waals surface area contributed by atoms with Crippen molar-refractivity contribution in [1.82, 2.24) is 0 Å². The van der Waals surface area contributed by atoms with Gasteiger partial charge in [0.05, 0.1) is 5.92 Å². The van der Waals surface area contributed by atoms with Crippen molar-refractivity contribution in [3.05, 3.63) is 0 Å². The van der Waals surface area contributed by atoms with Crippen LogP contribution >= 0.6 is 12.6 Å². The molecule has 0 aromatic rings. The van der Waals surface area contributed by atoms with Crippen LogP contribution in [0.1, 0.15) is 39.5 Å². The Labute approximate surface area is 100 Å². The third-order valence-corrected chi connectivity index (χ3v) is 2.36. The molecule has 0 fully saturated rings. The van der Waals surface area contributed by atoms with Crippen molar-refractivity contribution < 1.29 is 24.5 Å². The van der Waals surface area contributed by atoms with E-state index in [1.165, 1.54) is 0 Å². The normalized spacial score (nSPS) is 14.0.